The first-order valence-electron chi connectivity index (χ1n) is 10.1. The molecule has 10 heteroatoms. The van der Waals surface area contributed by atoms with Gasteiger partial charge in [0.2, 0.25) is 0 Å². The minimum absolute atomic E-state index is 0.106. The van der Waals surface area contributed by atoms with Crippen molar-refractivity contribution in [3.8, 4) is 11.1 Å². The van der Waals surface area contributed by atoms with E-state index in [1.807, 2.05) is 0 Å². The van der Waals surface area contributed by atoms with E-state index in [0.29, 0.717) is 11.3 Å². The Hall–Kier alpha value is -4.08. The van der Waals surface area contributed by atoms with Gasteiger partial charge in [-0.25, -0.2) is 14.3 Å². The van der Waals surface area contributed by atoms with Crippen molar-refractivity contribution in [2.24, 2.45) is 0 Å². The quantitative estimate of drug-likeness (QED) is 0.422. The van der Waals surface area contributed by atoms with Gasteiger partial charge in [0.25, 0.3) is 11.2 Å². The Balaban J connectivity index is 1.97. The lowest BCUT2D eigenvalue weighted by Gasteiger charge is -2.23. The second-order valence-electron chi connectivity index (χ2n) is 8.37. The standard InChI is InChI=1S/C23H23FN4O5/c1-23(2,3)33-22(30)25-19(12-14-4-8-16(24)9-5-14)20-13-18(21(29)27-26-20)15-6-10-17(11-7-15)28(31)32/h4-11,13,19H,12H2,1-3H3,(H,25,30)(H,27,29). The zero-order valence-electron chi connectivity index (χ0n) is 18.3. The van der Waals surface area contributed by atoms with Gasteiger partial charge in [0.05, 0.1) is 22.2 Å². The van der Waals surface area contributed by atoms with Crippen LogP contribution in [0.1, 0.15) is 38.1 Å². The van der Waals surface area contributed by atoms with Crippen LogP contribution >= 0.6 is 0 Å². The van der Waals surface area contributed by atoms with E-state index in [0.717, 1.165) is 5.56 Å². The SMILES string of the molecule is CC(C)(C)OC(=O)NC(Cc1ccc(F)cc1)c1cc(-c2ccc([N+](=O)[O-])cc2)c(=O)[nH]n1. The van der Waals surface area contributed by atoms with Crippen molar-refractivity contribution in [2.45, 2.75) is 38.8 Å². The molecule has 0 aliphatic carbocycles. The van der Waals surface area contributed by atoms with Crippen molar-refractivity contribution in [2.75, 3.05) is 0 Å². The van der Waals surface area contributed by atoms with E-state index in [1.165, 1.54) is 42.5 Å². The van der Waals surface area contributed by atoms with Crippen LogP contribution in [0.5, 0.6) is 0 Å². The number of hydrogen-bond donors (Lipinski definition) is 2. The van der Waals surface area contributed by atoms with Gasteiger partial charge in [-0.3, -0.25) is 14.9 Å². The van der Waals surface area contributed by atoms with Crippen LogP contribution in [0.25, 0.3) is 11.1 Å². The van der Waals surface area contributed by atoms with Gasteiger partial charge in [-0.05, 0) is 68.7 Å². The molecule has 33 heavy (non-hydrogen) atoms. The minimum Gasteiger partial charge on any atom is -0.444 e. The van der Waals surface area contributed by atoms with Crippen molar-refractivity contribution in [1.29, 1.82) is 0 Å². The predicted molar refractivity (Wildman–Crippen MR) is 119 cm³/mol. The van der Waals surface area contributed by atoms with Gasteiger partial charge < -0.3 is 10.1 Å². The van der Waals surface area contributed by atoms with Crippen molar-refractivity contribution >= 4 is 11.8 Å². The summed E-state index contributed by atoms with van der Waals surface area (Å²) in [4.78, 5) is 35.2. The minimum atomic E-state index is -0.729. The first-order valence-corrected chi connectivity index (χ1v) is 10.1. The Morgan fingerprint density at radius 1 is 1.18 bits per heavy atom. The summed E-state index contributed by atoms with van der Waals surface area (Å²) in [5.74, 6) is -0.391. The smallest absolute Gasteiger partial charge is 0.408 e. The molecule has 3 aromatic rings. The molecule has 2 N–H and O–H groups in total. The van der Waals surface area contributed by atoms with Gasteiger partial charge in [-0.1, -0.05) is 12.1 Å². The van der Waals surface area contributed by atoms with Gasteiger partial charge in [-0.15, -0.1) is 0 Å². The van der Waals surface area contributed by atoms with Crippen molar-refractivity contribution in [3.63, 3.8) is 0 Å². The Labute approximate surface area is 188 Å². The molecule has 0 saturated carbocycles. The molecule has 0 fully saturated rings. The molecule has 1 aromatic heterocycles. The lowest BCUT2D eigenvalue weighted by Crippen LogP contribution is -2.36. The number of ether oxygens (including phenoxy) is 1. The summed E-state index contributed by atoms with van der Waals surface area (Å²) in [7, 11) is 0. The summed E-state index contributed by atoms with van der Waals surface area (Å²) in [6, 6.07) is 12.1. The summed E-state index contributed by atoms with van der Waals surface area (Å²) in [5.41, 5.74) is 0.400. The number of hydrogen-bond acceptors (Lipinski definition) is 6. The van der Waals surface area contributed by atoms with Crippen LogP contribution in [0.3, 0.4) is 0 Å². The fraction of sp³-hybridized carbons (Fsp3) is 0.261. The molecule has 1 atom stereocenters. The van der Waals surface area contributed by atoms with Gasteiger partial charge in [-0.2, -0.15) is 5.10 Å². The number of benzene rings is 2. The molecule has 0 bridgehead atoms. The van der Waals surface area contributed by atoms with E-state index in [1.54, 1.807) is 32.9 Å². The number of nitro benzene ring substituents is 1. The van der Waals surface area contributed by atoms with E-state index < -0.39 is 34.0 Å². The lowest BCUT2D eigenvalue weighted by molar-refractivity contribution is -0.384. The highest BCUT2D eigenvalue weighted by molar-refractivity contribution is 5.69. The molecule has 3 rings (SSSR count). The third-order valence-electron chi connectivity index (χ3n) is 4.61. The predicted octanol–water partition coefficient (Wildman–Crippen LogP) is 4.29. The molecule has 2 aromatic carbocycles. The molecule has 1 unspecified atom stereocenters. The van der Waals surface area contributed by atoms with Gasteiger partial charge in [0.1, 0.15) is 11.4 Å². The lowest BCUT2D eigenvalue weighted by atomic mass is 10.00. The second-order valence-corrected chi connectivity index (χ2v) is 8.37. The highest BCUT2D eigenvalue weighted by Crippen LogP contribution is 2.23. The molecular formula is C23H23FN4O5. The number of H-pyrrole nitrogens is 1. The summed E-state index contributed by atoms with van der Waals surface area (Å²) in [5, 5.41) is 20.1. The second kappa shape index (κ2) is 9.60. The molecule has 172 valence electrons. The first-order chi connectivity index (χ1) is 15.5. The Morgan fingerprint density at radius 2 is 1.82 bits per heavy atom. The van der Waals surface area contributed by atoms with Crippen molar-refractivity contribution in [3.05, 3.63) is 92.1 Å². The highest BCUT2D eigenvalue weighted by Gasteiger charge is 2.23. The molecule has 0 radical (unpaired) electrons. The van der Waals surface area contributed by atoms with E-state index in [4.69, 9.17) is 4.74 Å². The number of nitro groups is 1. The van der Waals surface area contributed by atoms with Crippen LogP contribution in [-0.4, -0.2) is 26.8 Å². The number of nitrogens with one attached hydrogen (secondary N) is 2. The normalized spacial score (nSPS) is 12.1. The third-order valence-corrected chi connectivity index (χ3v) is 4.61. The molecule has 0 aliphatic heterocycles. The van der Waals surface area contributed by atoms with E-state index >= 15 is 0 Å². The van der Waals surface area contributed by atoms with Crippen LogP contribution in [0.15, 0.2) is 59.4 Å². The topological polar surface area (TPSA) is 127 Å². The van der Waals surface area contributed by atoms with Crippen molar-refractivity contribution < 1.29 is 18.8 Å². The maximum atomic E-state index is 13.3. The Bertz CT molecular complexity index is 1200. The van der Waals surface area contributed by atoms with Gasteiger partial charge in [0.15, 0.2) is 0 Å². The first kappa shape index (κ1) is 23.6. The van der Waals surface area contributed by atoms with Gasteiger partial charge in [0, 0.05) is 12.1 Å². The molecule has 0 saturated heterocycles. The molecule has 0 aliphatic rings. The summed E-state index contributed by atoms with van der Waals surface area (Å²) < 4.78 is 18.7. The number of alkyl carbamates (subject to hydrolysis) is 1. The van der Waals surface area contributed by atoms with Crippen LogP contribution in [0, 0.1) is 15.9 Å². The number of halogens is 1. The molecular weight excluding hydrogens is 431 g/mol. The number of aromatic nitrogens is 2. The van der Waals surface area contributed by atoms with Crippen LogP contribution in [0.2, 0.25) is 0 Å². The maximum absolute atomic E-state index is 13.3. The van der Waals surface area contributed by atoms with Crippen LogP contribution < -0.4 is 10.9 Å². The largest absolute Gasteiger partial charge is 0.444 e. The van der Waals surface area contributed by atoms with E-state index in [2.05, 4.69) is 15.5 Å². The number of amides is 1. The monoisotopic (exact) mass is 454 g/mol. The van der Waals surface area contributed by atoms with Crippen LogP contribution in [0.4, 0.5) is 14.9 Å². The third kappa shape index (κ3) is 6.45. The number of non-ortho nitro benzene ring substituents is 1. The Kier molecular flexibility index (Phi) is 6.86. The average Bonchev–Trinajstić information content (AvgIpc) is 2.74. The maximum Gasteiger partial charge on any atom is 0.408 e. The molecule has 1 heterocycles. The summed E-state index contributed by atoms with van der Waals surface area (Å²) in [6.45, 7) is 5.19. The molecule has 9 nitrogen and oxygen atoms in total. The summed E-state index contributed by atoms with van der Waals surface area (Å²) in [6.07, 6.45) is -0.433. The number of carbonyl (C=O) groups excluding carboxylic acids is 1. The number of aromatic amines is 1. The fourth-order valence-electron chi connectivity index (χ4n) is 3.11. The molecule has 0 spiro atoms. The Morgan fingerprint density at radius 3 is 2.39 bits per heavy atom. The molecule has 1 amide bonds. The van der Waals surface area contributed by atoms with E-state index in [-0.39, 0.29) is 17.7 Å². The summed E-state index contributed by atoms with van der Waals surface area (Å²) >= 11 is 0. The number of carbonyl (C=O) groups is 1. The fourth-order valence-corrected chi connectivity index (χ4v) is 3.11. The zero-order valence-corrected chi connectivity index (χ0v) is 18.3. The number of rotatable bonds is 6. The number of nitrogens with zero attached hydrogens (tertiary/aromatic N) is 2. The van der Waals surface area contributed by atoms with E-state index in [9.17, 15) is 24.1 Å². The van der Waals surface area contributed by atoms with Crippen LogP contribution in [-0.2, 0) is 11.2 Å². The van der Waals surface area contributed by atoms with Crippen molar-refractivity contribution in [1.82, 2.24) is 15.5 Å². The highest BCUT2D eigenvalue weighted by atomic mass is 19.1. The van der Waals surface area contributed by atoms with Gasteiger partial charge >= 0.3 is 6.09 Å². The average molecular weight is 454 g/mol. The zero-order chi connectivity index (χ0) is 24.2.